The Labute approximate surface area is 85.2 Å². The van der Waals surface area contributed by atoms with Crippen molar-refractivity contribution < 1.29 is 9.05 Å². The summed E-state index contributed by atoms with van der Waals surface area (Å²) >= 11 is 10.1. The van der Waals surface area contributed by atoms with E-state index in [9.17, 15) is 0 Å². The number of hydrogen-bond donors (Lipinski definition) is 0. The molecule has 0 saturated carbocycles. The lowest BCUT2D eigenvalue weighted by Crippen LogP contribution is -2.41. The summed E-state index contributed by atoms with van der Waals surface area (Å²) in [7, 11) is 0. The van der Waals surface area contributed by atoms with Gasteiger partial charge < -0.3 is 0 Å². The molecule has 1 fully saturated rings. The lowest BCUT2D eigenvalue weighted by Gasteiger charge is -2.38. The molecule has 1 aliphatic rings. The zero-order chi connectivity index (χ0) is 9.62. The molecule has 70 valence electrons. The summed E-state index contributed by atoms with van der Waals surface area (Å²) in [5, 5.41) is 0. The van der Waals surface area contributed by atoms with E-state index < -0.39 is 6.12 Å². The molecule has 0 unspecified atom stereocenters. The monoisotopic (exact) mass is 225 g/mol. The SMILES string of the molecule is CC1(C)CC(C)(C)O[P+]([S])([S])O1. The van der Waals surface area contributed by atoms with E-state index in [1.54, 1.807) is 0 Å². The Morgan fingerprint density at radius 1 is 1.00 bits per heavy atom. The van der Waals surface area contributed by atoms with Gasteiger partial charge in [-0.3, -0.25) is 0 Å². The molecule has 0 aromatic rings. The molecule has 0 aromatic heterocycles. The molecule has 0 aliphatic carbocycles. The number of rotatable bonds is 0. The molecule has 0 atom stereocenters. The molecule has 2 radical (unpaired) electrons. The van der Waals surface area contributed by atoms with Crippen LogP contribution >= 0.6 is 30.6 Å². The predicted octanol–water partition coefficient (Wildman–Crippen LogP) is 4.05. The first-order valence-corrected chi connectivity index (χ1v) is 7.50. The fraction of sp³-hybridized carbons (Fsp3) is 1.00. The normalized spacial score (nSPS) is 31.5. The van der Waals surface area contributed by atoms with Crippen LogP contribution in [0.25, 0.3) is 0 Å². The highest BCUT2D eigenvalue weighted by Crippen LogP contribution is 2.76. The summed E-state index contributed by atoms with van der Waals surface area (Å²) < 4.78 is 11.0. The maximum atomic E-state index is 5.52. The molecule has 0 aromatic carbocycles. The van der Waals surface area contributed by atoms with E-state index in [-0.39, 0.29) is 11.2 Å². The maximum Gasteiger partial charge on any atom is 0.426 e. The van der Waals surface area contributed by atoms with Crippen molar-refractivity contribution in [2.24, 2.45) is 0 Å². The van der Waals surface area contributed by atoms with Gasteiger partial charge in [0, 0.05) is 6.42 Å². The van der Waals surface area contributed by atoms with Gasteiger partial charge in [0.1, 0.15) is 11.2 Å². The summed E-state index contributed by atoms with van der Waals surface area (Å²) in [6.07, 6.45) is -1.58. The average molecular weight is 225 g/mol. The highest BCUT2D eigenvalue weighted by molar-refractivity contribution is 8.82. The third-order valence-corrected chi connectivity index (χ3v) is 3.90. The molecule has 2 nitrogen and oxygen atoms in total. The molecule has 0 N–H and O–H groups in total. The first-order valence-electron chi connectivity index (χ1n) is 3.85. The third-order valence-electron chi connectivity index (χ3n) is 1.57. The van der Waals surface area contributed by atoms with Crippen molar-refractivity contribution in [2.75, 3.05) is 0 Å². The first kappa shape index (κ1) is 11.1. The maximum absolute atomic E-state index is 5.52. The zero-order valence-electron chi connectivity index (χ0n) is 7.79. The summed E-state index contributed by atoms with van der Waals surface area (Å²) in [4.78, 5) is 0. The molecule has 1 rings (SSSR count). The minimum absolute atomic E-state index is 0.237. The van der Waals surface area contributed by atoms with Crippen molar-refractivity contribution in [3.8, 4) is 0 Å². The third kappa shape index (κ3) is 3.08. The molecule has 5 heteroatoms. The van der Waals surface area contributed by atoms with Crippen molar-refractivity contribution in [1.82, 2.24) is 0 Å². The highest BCUT2D eigenvalue weighted by atomic mass is 33.1. The van der Waals surface area contributed by atoms with Gasteiger partial charge in [-0.1, -0.05) is 0 Å². The van der Waals surface area contributed by atoms with Crippen molar-refractivity contribution in [3.63, 3.8) is 0 Å². The van der Waals surface area contributed by atoms with Gasteiger partial charge in [-0.25, -0.2) is 0 Å². The van der Waals surface area contributed by atoms with E-state index in [2.05, 4.69) is 0 Å². The average Bonchev–Trinajstić information content (AvgIpc) is 1.44. The quantitative estimate of drug-likeness (QED) is 0.579. The van der Waals surface area contributed by atoms with E-state index >= 15 is 0 Å². The molecule has 12 heavy (non-hydrogen) atoms. The van der Waals surface area contributed by atoms with E-state index in [4.69, 9.17) is 33.5 Å². The topological polar surface area (TPSA) is 18.5 Å². The molecule has 0 bridgehead atoms. The molecular formula is C7H14O2PS2+. The van der Waals surface area contributed by atoms with Crippen molar-refractivity contribution in [1.29, 1.82) is 0 Å². The molecule has 1 heterocycles. The molecule has 1 saturated heterocycles. The van der Waals surface area contributed by atoms with E-state index in [1.165, 1.54) is 0 Å². The Morgan fingerprint density at radius 3 is 1.58 bits per heavy atom. The van der Waals surface area contributed by atoms with Crippen molar-refractivity contribution in [2.45, 2.75) is 45.3 Å². The Bertz CT molecular complexity index is 147. The molecular weight excluding hydrogens is 211 g/mol. The van der Waals surface area contributed by atoms with E-state index in [1.807, 2.05) is 27.7 Å². The fourth-order valence-electron chi connectivity index (χ4n) is 1.71. The largest absolute Gasteiger partial charge is 0.426 e. The van der Waals surface area contributed by atoms with Crippen molar-refractivity contribution in [3.05, 3.63) is 0 Å². The van der Waals surface area contributed by atoms with Gasteiger partial charge in [0.05, 0.1) is 0 Å². The van der Waals surface area contributed by atoms with Crippen LogP contribution in [-0.4, -0.2) is 11.2 Å². The Kier molecular flexibility index (Phi) is 2.81. The molecule has 1 aliphatic heterocycles. The molecule has 0 spiro atoms. The second kappa shape index (κ2) is 3.03. The highest BCUT2D eigenvalue weighted by Gasteiger charge is 2.56. The van der Waals surface area contributed by atoms with E-state index in [0.717, 1.165) is 6.42 Å². The predicted molar refractivity (Wildman–Crippen MR) is 57.0 cm³/mol. The van der Waals surface area contributed by atoms with Crippen LogP contribution in [0.3, 0.4) is 0 Å². The van der Waals surface area contributed by atoms with Crippen LogP contribution in [0.5, 0.6) is 0 Å². The summed E-state index contributed by atoms with van der Waals surface area (Å²) in [5.41, 5.74) is -0.474. The first-order chi connectivity index (χ1) is 5.12. The van der Waals surface area contributed by atoms with Crippen LogP contribution in [-0.2, 0) is 9.05 Å². The van der Waals surface area contributed by atoms with Crippen molar-refractivity contribution >= 4 is 30.6 Å². The van der Waals surface area contributed by atoms with Gasteiger partial charge in [-0.05, 0) is 27.7 Å². The minimum Gasteiger partial charge on any atom is -0.175 e. The second-order valence-corrected chi connectivity index (χ2v) is 9.16. The van der Waals surface area contributed by atoms with Gasteiger partial charge in [-0.2, -0.15) is 9.05 Å². The Morgan fingerprint density at radius 2 is 1.33 bits per heavy atom. The van der Waals surface area contributed by atoms with Crippen LogP contribution in [0.4, 0.5) is 0 Å². The Balaban J connectivity index is 2.81. The lowest BCUT2D eigenvalue weighted by molar-refractivity contribution is -0.0418. The lowest BCUT2D eigenvalue weighted by atomic mass is 9.93. The number of hydrogen-bond acceptors (Lipinski definition) is 2. The van der Waals surface area contributed by atoms with Gasteiger partial charge in [0.15, 0.2) is 0 Å². The van der Waals surface area contributed by atoms with Gasteiger partial charge in [-0.15, -0.1) is 0 Å². The van der Waals surface area contributed by atoms with Gasteiger partial charge >= 0.3 is 6.12 Å². The van der Waals surface area contributed by atoms with E-state index in [0.29, 0.717) is 0 Å². The smallest absolute Gasteiger partial charge is 0.175 e. The van der Waals surface area contributed by atoms with Crippen LogP contribution in [0.2, 0.25) is 0 Å². The summed E-state index contributed by atoms with van der Waals surface area (Å²) in [6, 6.07) is 0. The zero-order valence-corrected chi connectivity index (χ0v) is 10.3. The van der Waals surface area contributed by atoms with Crippen LogP contribution < -0.4 is 0 Å². The minimum atomic E-state index is -2.41. The summed E-state index contributed by atoms with van der Waals surface area (Å²) in [5.74, 6) is 0. The second-order valence-electron chi connectivity index (χ2n) is 4.33. The molecule has 0 amide bonds. The fourth-order valence-corrected chi connectivity index (χ4v) is 5.51. The van der Waals surface area contributed by atoms with Crippen LogP contribution in [0, 0.1) is 0 Å². The standard InChI is InChI=1S/C7H14O2PS2/c1-6(2)5-7(3,4)9-10(11,12)8-6/h5H2,1-4H3/q+1. The van der Waals surface area contributed by atoms with Crippen LogP contribution in [0.15, 0.2) is 0 Å². The summed E-state index contributed by atoms with van der Waals surface area (Å²) in [6.45, 7) is 8.02. The van der Waals surface area contributed by atoms with Crippen LogP contribution in [0.1, 0.15) is 34.1 Å². The van der Waals surface area contributed by atoms with Gasteiger partial charge in [0.2, 0.25) is 24.5 Å². The Hall–Kier alpha value is 1.05. The van der Waals surface area contributed by atoms with Gasteiger partial charge in [0.25, 0.3) is 0 Å².